The second-order valence-electron chi connectivity index (χ2n) is 9.13. The molecule has 3 aromatic carbocycles. The molecule has 3 aliphatic heterocycles. The first kappa shape index (κ1) is 22.0. The minimum Gasteiger partial charge on any atom is -0.478 e. The summed E-state index contributed by atoms with van der Waals surface area (Å²) in [6, 6.07) is 22.1. The van der Waals surface area contributed by atoms with E-state index in [1.807, 2.05) is 48.5 Å². The van der Waals surface area contributed by atoms with Gasteiger partial charge < -0.3 is 14.2 Å². The molecule has 0 amide bonds. The second kappa shape index (κ2) is 9.66. The number of ether oxygens (including phenoxy) is 3. The van der Waals surface area contributed by atoms with E-state index in [2.05, 4.69) is 34.1 Å². The number of Topliss-reactive ketones (excluding diaryl/α,β-unsaturated/α-hetero) is 1. The molecule has 3 aliphatic rings. The highest BCUT2D eigenvalue weighted by atomic mass is 16.5. The van der Waals surface area contributed by atoms with Gasteiger partial charge in [-0.15, -0.1) is 0 Å². The molecule has 35 heavy (non-hydrogen) atoms. The van der Waals surface area contributed by atoms with Gasteiger partial charge in [-0.1, -0.05) is 54.6 Å². The summed E-state index contributed by atoms with van der Waals surface area (Å²) in [5.74, 6) is 1.70. The molecule has 0 atom stereocenters. The smallest absolute Gasteiger partial charge is 0.231 e. The third-order valence-electron chi connectivity index (χ3n) is 6.83. The molecule has 0 bridgehead atoms. The maximum Gasteiger partial charge on any atom is 0.231 e. The van der Waals surface area contributed by atoms with Crippen LogP contribution in [0.2, 0.25) is 0 Å². The highest BCUT2D eigenvalue weighted by Crippen LogP contribution is 2.42. The Bertz CT molecular complexity index is 1250. The normalized spacial score (nSPS) is 19.2. The van der Waals surface area contributed by atoms with E-state index < -0.39 is 0 Å². The molecule has 0 aliphatic carbocycles. The maximum atomic E-state index is 13.1. The zero-order valence-corrected chi connectivity index (χ0v) is 19.6. The number of hydrogen-bond acceptors (Lipinski definition) is 6. The fourth-order valence-electron chi connectivity index (χ4n) is 4.81. The molecule has 3 heterocycles. The summed E-state index contributed by atoms with van der Waals surface area (Å²) < 4.78 is 17.6. The Labute approximate surface area is 205 Å². The number of morpholine rings is 1. The number of carbonyl (C=O) groups excluding carboxylic acids is 1. The average molecular weight is 469 g/mol. The van der Waals surface area contributed by atoms with Crippen LogP contribution >= 0.6 is 0 Å². The zero-order chi connectivity index (χ0) is 23.6. The van der Waals surface area contributed by atoms with Crippen molar-refractivity contribution in [2.24, 2.45) is 0 Å². The molecule has 0 N–H and O–H groups in total. The van der Waals surface area contributed by atoms with Gasteiger partial charge in [-0.2, -0.15) is 0 Å². The lowest BCUT2D eigenvalue weighted by Crippen LogP contribution is -2.43. The predicted octanol–water partition coefficient (Wildman–Crippen LogP) is 4.45. The quantitative estimate of drug-likeness (QED) is 0.516. The molecule has 0 unspecified atom stereocenters. The molecular formula is C29H28N2O4. The van der Waals surface area contributed by atoms with Crippen LogP contribution in [-0.4, -0.2) is 61.7 Å². The summed E-state index contributed by atoms with van der Waals surface area (Å²) in [5, 5.41) is 0. The standard InChI is InChI=1S/C29H28N2O4/c32-28-24-10-11-26-25(19-31(20-34-26)13-12-30-14-16-33-17-15-30)29(24)35-27(28)18-21-6-8-23(9-7-21)22-4-2-1-3-5-22/h1-11,18H,12-17,19-20H2/b27-18-. The Morgan fingerprint density at radius 1 is 0.829 bits per heavy atom. The first-order valence-corrected chi connectivity index (χ1v) is 12.2. The topological polar surface area (TPSA) is 51.2 Å². The van der Waals surface area contributed by atoms with Crippen molar-refractivity contribution in [3.63, 3.8) is 0 Å². The summed E-state index contributed by atoms with van der Waals surface area (Å²) in [5.41, 5.74) is 4.79. The van der Waals surface area contributed by atoms with Crippen molar-refractivity contribution in [3.8, 4) is 22.6 Å². The fourth-order valence-corrected chi connectivity index (χ4v) is 4.81. The lowest BCUT2D eigenvalue weighted by atomic mass is 10.0. The van der Waals surface area contributed by atoms with Crippen LogP contribution in [0.25, 0.3) is 17.2 Å². The van der Waals surface area contributed by atoms with Crippen molar-refractivity contribution in [1.82, 2.24) is 9.80 Å². The predicted molar refractivity (Wildman–Crippen MR) is 134 cm³/mol. The van der Waals surface area contributed by atoms with Gasteiger partial charge in [-0.3, -0.25) is 14.6 Å². The molecule has 6 rings (SSSR count). The second-order valence-corrected chi connectivity index (χ2v) is 9.13. The summed E-state index contributed by atoms with van der Waals surface area (Å²) in [6.07, 6.45) is 1.82. The molecule has 0 spiro atoms. The van der Waals surface area contributed by atoms with E-state index in [0.29, 0.717) is 30.3 Å². The summed E-state index contributed by atoms with van der Waals surface area (Å²) >= 11 is 0. The van der Waals surface area contributed by atoms with E-state index in [1.54, 1.807) is 0 Å². The maximum absolute atomic E-state index is 13.1. The molecule has 1 saturated heterocycles. The highest BCUT2D eigenvalue weighted by Gasteiger charge is 2.33. The molecule has 6 heteroatoms. The number of ketones is 1. The first-order valence-electron chi connectivity index (χ1n) is 12.2. The summed E-state index contributed by atoms with van der Waals surface area (Å²) in [6.45, 7) is 6.65. The van der Waals surface area contributed by atoms with E-state index in [4.69, 9.17) is 14.2 Å². The van der Waals surface area contributed by atoms with Crippen molar-refractivity contribution in [3.05, 3.63) is 89.2 Å². The third kappa shape index (κ3) is 4.60. The van der Waals surface area contributed by atoms with Gasteiger partial charge in [-0.25, -0.2) is 0 Å². The van der Waals surface area contributed by atoms with Crippen LogP contribution in [0.3, 0.4) is 0 Å². The van der Waals surface area contributed by atoms with Gasteiger partial charge in [-0.05, 0) is 34.9 Å². The Morgan fingerprint density at radius 3 is 2.37 bits per heavy atom. The SMILES string of the molecule is O=C1/C(=C/c2ccc(-c3ccccc3)cc2)Oc2c1ccc1c2CN(CCN2CCOCC2)CO1. The van der Waals surface area contributed by atoms with E-state index in [-0.39, 0.29) is 5.78 Å². The first-order chi connectivity index (χ1) is 17.2. The zero-order valence-electron chi connectivity index (χ0n) is 19.6. The van der Waals surface area contributed by atoms with Crippen LogP contribution in [0, 0.1) is 0 Å². The van der Waals surface area contributed by atoms with Gasteiger partial charge in [0.25, 0.3) is 0 Å². The molecule has 0 saturated carbocycles. The Balaban J connectivity index is 1.18. The van der Waals surface area contributed by atoms with Crippen molar-refractivity contribution in [2.45, 2.75) is 6.54 Å². The number of fused-ring (bicyclic) bond motifs is 3. The van der Waals surface area contributed by atoms with Crippen LogP contribution in [0.1, 0.15) is 21.5 Å². The van der Waals surface area contributed by atoms with Gasteiger partial charge in [0.1, 0.15) is 18.2 Å². The average Bonchev–Trinajstić information content (AvgIpc) is 3.24. The van der Waals surface area contributed by atoms with Crippen LogP contribution in [0.5, 0.6) is 11.5 Å². The number of benzene rings is 3. The number of nitrogens with zero attached hydrogens (tertiary/aromatic N) is 2. The largest absolute Gasteiger partial charge is 0.478 e. The van der Waals surface area contributed by atoms with Crippen LogP contribution in [0.15, 0.2) is 72.5 Å². The van der Waals surface area contributed by atoms with Gasteiger partial charge in [0.05, 0.1) is 24.3 Å². The Hall–Kier alpha value is -3.45. The van der Waals surface area contributed by atoms with Gasteiger partial charge in [0.2, 0.25) is 5.78 Å². The summed E-state index contributed by atoms with van der Waals surface area (Å²) in [7, 11) is 0. The minimum absolute atomic E-state index is 0.0830. The van der Waals surface area contributed by atoms with Crippen LogP contribution in [-0.2, 0) is 11.3 Å². The van der Waals surface area contributed by atoms with Crippen molar-refractivity contribution in [2.75, 3.05) is 46.1 Å². The minimum atomic E-state index is -0.0830. The molecule has 0 radical (unpaired) electrons. The van der Waals surface area contributed by atoms with Crippen LogP contribution in [0.4, 0.5) is 0 Å². The van der Waals surface area contributed by atoms with E-state index in [0.717, 1.165) is 67.4 Å². The van der Waals surface area contributed by atoms with Crippen molar-refractivity contribution >= 4 is 11.9 Å². The Kier molecular flexibility index (Phi) is 6.08. The van der Waals surface area contributed by atoms with E-state index >= 15 is 0 Å². The lowest BCUT2D eigenvalue weighted by molar-refractivity contribution is 0.0239. The molecule has 6 nitrogen and oxygen atoms in total. The summed E-state index contributed by atoms with van der Waals surface area (Å²) in [4.78, 5) is 17.8. The highest BCUT2D eigenvalue weighted by molar-refractivity contribution is 6.15. The van der Waals surface area contributed by atoms with Crippen molar-refractivity contribution < 1.29 is 19.0 Å². The van der Waals surface area contributed by atoms with Gasteiger partial charge in [0.15, 0.2) is 5.76 Å². The van der Waals surface area contributed by atoms with Gasteiger partial charge >= 0.3 is 0 Å². The molecule has 1 fully saturated rings. The third-order valence-corrected chi connectivity index (χ3v) is 6.83. The molecule has 178 valence electrons. The fraction of sp³-hybridized carbons (Fsp3) is 0.276. The van der Waals surface area contributed by atoms with E-state index in [9.17, 15) is 4.79 Å². The van der Waals surface area contributed by atoms with Crippen LogP contribution < -0.4 is 9.47 Å². The molecule has 0 aromatic heterocycles. The van der Waals surface area contributed by atoms with Crippen molar-refractivity contribution in [1.29, 1.82) is 0 Å². The monoisotopic (exact) mass is 468 g/mol. The number of allylic oxidation sites excluding steroid dienone is 1. The van der Waals surface area contributed by atoms with Gasteiger partial charge in [0, 0.05) is 32.7 Å². The van der Waals surface area contributed by atoms with E-state index in [1.165, 1.54) is 0 Å². The molecule has 3 aromatic rings. The number of rotatable bonds is 5. The molecular weight excluding hydrogens is 440 g/mol. The lowest BCUT2D eigenvalue weighted by Gasteiger charge is -2.33. The number of hydrogen-bond donors (Lipinski definition) is 0. The number of carbonyl (C=O) groups is 1. The Morgan fingerprint density at radius 2 is 1.57 bits per heavy atom.